The van der Waals surface area contributed by atoms with E-state index in [0.29, 0.717) is 48.2 Å². The lowest BCUT2D eigenvalue weighted by molar-refractivity contribution is -0.115. The number of carbonyl (C=O) groups excluding carboxylic acids is 3. The van der Waals surface area contributed by atoms with E-state index in [9.17, 15) is 14.4 Å². The molecule has 0 bridgehead atoms. The van der Waals surface area contributed by atoms with Crippen LogP contribution in [0.15, 0.2) is 58.4 Å². The maximum absolute atomic E-state index is 13.1. The van der Waals surface area contributed by atoms with Crippen molar-refractivity contribution in [1.29, 1.82) is 0 Å². The SMILES string of the molecule is C[C@@H](Sc1nc2ccc(NC(=O)c3ccccc3C(=O)N3CCOCC3)cc2s1)C(=O)Nc1nccs1. The second-order valence-corrected chi connectivity index (χ2v) is 11.7. The lowest BCUT2D eigenvalue weighted by Gasteiger charge is -2.27. The third-order valence-electron chi connectivity index (χ3n) is 5.64. The Hall–Kier alpha value is -3.32. The van der Waals surface area contributed by atoms with E-state index < -0.39 is 0 Å². The van der Waals surface area contributed by atoms with Gasteiger partial charge in [0.25, 0.3) is 11.8 Å². The number of thiazole rings is 2. The van der Waals surface area contributed by atoms with Gasteiger partial charge < -0.3 is 20.3 Å². The number of benzene rings is 2. The van der Waals surface area contributed by atoms with Gasteiger partial charge in [0.2, 0.25) is 5.91 Å². The first-order chi connectivity index (χ1) is 18.0. The smallest absolute Gasteiger partial charge is 0.256 e. The number of amides is 3. The van der Waals surface area contributed by atoms with Gasteiger partial charge in [0.15, 0.2) is 9.47 Å². The van der Waals surface area contributed by atoms with Crippen molar-refractivity contribution in [2.75, 3.05) is 36.9 Å². The molecule has 1 saturated heterocycles. The second-order valence-electron chi connectivity index (χ2n) is 8.15. The predicted octanol–water partition coefficient (Wildman–Crippen LogP) is 4.60. The van der Waals surface area contributed by atoms with E-state index in [4.69, 9.17) is 4.74 Å². The highest BCUT2D eigenvalue weighted by Gasteiger charge is 2.23. The molecule has 2 aromatic heterocycles. The number of aromatic nitrogens is 2. The lowest BCUT2D eigenvalue weighted by Crippen LogP contribution is -2.41. The first-order valence-corrected chi connectivity index (χ1v) is 14.1. The van der Waals surface area contributed by atoms with Crippen molar-refractivity contribution in [2.45, 2.75) is 16.5 Å². The maximum Gasteiger partial charge on any atom is 0.256 e. The molecular formula is C25H23N5O4S3. The Morgan fingerprint density at radius 1 is 1.08 bits per heavy atom. The molecular weight excluding hydrogens is 531 g/mol. The van der Waals surface area contributed by atoms with Crippen LogP contribution in [-0.4, -0.2) is 64.1 Å². The van der Waals surface area contributed by atoms with Crippen LogP contribution >= 0.6 is 34.4 Å². The van der Waals surface area contributed by atoms with Crippen molar-refractivity contribution in [3.05, 3.63) is 65.2 Å². The summed E-state index contributed by atoms with van der Waals surface area (Å²) in [7, 11) is 0. The second kappa shape index (κ2) is 11.4. The molecule has 0 radical (unpaired) electrons. The molecule has 1 fully saturated rings. The number of nitrogens with one attached hydrogen (secondary N) is 2. The summed E-state index contributed by atoms with van der Waals surface area (Å²) < 4.78 is 6.96. The normalized spacial score (nSPS) is 14.4. The molecule has 3 heterocycles. The topological polar surface area (TPSA) is 114 Å². The van der Waals surface area contributed by atoms with Crippen molar-refractivity contribution in [1.82, 2.24) is 14.9 Å². The van der Waals surface area contributed by atoms with Gasteiger partial charge >= 0.3 is 0 Å². The molecule has 4 aromatic rings. The van der Waals surface area contributed by atoms with Crippen LogP contribution in [-0.2, 0) is 9.53 Å². The summed E-state index contributed by atoms with van der Waals surface area (Å²) in [5, 5.41) is 7.72. The molecule has 2 aromatic carbocycles. The molecule has 1 aliphatic heterocycles. The molecule has 190 valence electrons. The van der Waals surface area contributed by atoms with Crippen LogP contribution in [0, 0.1) is 0 Å². The molecule has 0 spiro atoms. The van der Waals surface area contributed by atoms with Crippen LogP contribution in [0.2, 0.25) is 0 Å². The monoisotopic (exact) mass is 553 g/mol. The Morgan fingerprint density at radius 2 is 1.86 bits per heavy atom. The molecule has 5 rings (SSSR count). The first-order valence-electron chi connectivity index (χ1n) is 11.5. The molecule has 1 aliphatic rings. The summed E-state index contributed by atoms with van der Waals surface area (Å²) in [6, 6.07) is 12.3. The fourth-order valence-electron chi connectivity index (χ4n) is 3.73. The highest BCUT2D eigenvalue weighted by Crippen LogP contribution is 2.34. The minimum Gasteiger partial charge on any atom is -0.378 e. The minimum absolute atomic E-state index is 0.141. The Balaban J connectivity index is 1.27. The molecule has 37 heavy (non-hydrogen) atoms. The molecule has 2 N–H and O–H groups in total. The average Bonchev–Trinajstić information content (AvgIpc) is 3.57. The van der Waals surface area contributed by atoms with E-state index in [1.807, 2.05) is 19.1 Å². The third kappa shape index (κ3) is 5.99. The average molecular weight is 554 g/mol. The van der Waals surface area contributed by atoms with E-state index in [0.717, 1.165) is 14.6 Å². The Labute approximate surface area is 225 Å². The summed E-state index contributed by atoms with van der Waals surface area (Å²) in [6.07, 6.45) is 1.64. The van der Waals surface area contributed by atoms with E-state index in [1.54, 1.807) is 46.8 Å². The number of thioether (sulfide) groups is 1. The van der Waals surface area contributed by atoms with E-state index in [-0.39, 0.29) is 23.0 Å². The lowest BCUT2D eigenvalue weighted by atomic mass is 10.0. The fraction of sp³-hybridized carbons (Fsp3) is 0.240. The largest absolute Gasteiger partial charge is 0.378 e. The van der Waals surface area contributed by atoms with Crippen molar-refractivity contribution < 1.29 is 19.1 Å². The van der Waals surface area contributed by atoms with Crippen LogP contribution in [0.1, 0.15) is 27.6 Å². The highest BCUT2D eigenvalue weighted by atomic mass is 32.2. The summed E-state index contributed by atoms with van der Waals surface area (Å²) in [6.45, 7) is 3.81. The fourth-order valence-corrected chi connectivity index (χ4v) is 6.51. The molecule has 3 amide bonds. The molecule has 12 heteroatoms. The number of carbonyl (C=O) groups is 3. The number of nitrogens with zero attached hydrogens (tertiary/aromatic N) is 3. The molecule has 1 atom stereocenters. The van der Waals surface area contributed by atoms with E-state index in [2.05, 4.69) is 20.6 Å². The summed E-state index contributed by atoms with van der Waals surface area (Å²) >= 11 is 4.19. The molecule has 0 unspecified atom stereocenters. The zero-order chi connectivity index (χ0) is 25.8. The molecule has 0 saturated carbocycles. The number of morpholine rings is 1. The summed E-state index contributed by atoms with van der Waals surface area (Å²) in [5.74, 6) is -0.678. The van der Waals surface area contributed by atoms with Gasteiger partial charge in [0.1, 0.15) is 0 Å². The standard InChI is InChI=1S/C25H23N5O4S3/c1-15(21(31)29-24-26-8-13-35-24)36-25-28-19-7-6-16(14-20(19)37-25)27-22(32)17-4-2-3-5-18(17)23(33)30-9-11-34-12-10-30/h2-8,13-15H,9-12H2,1H3,(H,27,32)(H,26,29,31)/t15-/m1/s1. The van der Waals surface area contributed by atoms with Crippen LogP contribution in [0.5, 0.6) is 0 Å². The number of fused-ring (bicyclic) bond motifs is 1. The van der Waals surface area contributed by atoms with Gasteiger partial charge in [-0.25, -0.2) is 9.97 Å². The Morgan fingerprint density at radius 3 is 2.62 bits per heavy atom. The van der Waals surface area contributed by atoms with Crippen LogP contribution in [0.4, 0.5) is 10.8 Å². The van der Waals surface area contributed by atoms with Gasteiger partial charge in [-0.05, 0) is 37.3 Å². The van der Waals surface area contributed by atoms with Crippen LogP contribution in [0.3, 0.4) is 0 Å². The zero-order valence-electron chi connectivity index (χ0n) is 19.8. The molecule has 9 nitrogen and oxygen atoms in total. The quantitative estimate of drug-likeness (QED) is 0.322. The van der Waals surface area contributed by atoms with Crippen molar-refractivity contribution in [3.8, 4) is 0 Å². The van der Waals surface area contributed by atoms with Gasteiger partial charge in [-0.1, -0.05) is 23.9 Å². The van der Waals surface area contributed by atoms with Gasteiger partial charge in [-0.2, -0.15) is 0 Å². The van der Waals surface area contributed by atoms with Crippen LogP contribution < -0.4 is 10.6 Å². The van der Waals surface area contributed by atoms with E-state index >= 15 is 0 Å². The predicted molar refractivity (Wildman–Crippen MR) is 147 cm³/mol. The third-order valence-corrected chi connectivity index (χ3v) is 8.54. The van der Waals surface area contributed by atoms with Gasteiger partial charge in [0, 0.05) is 30.4 Å². The minimum atomic E-state index is -0.358. The Bertz CT molecular complexity index is 1430. The number of ether oxygens (including phenoxy) is 1. The number of rotatable bonds is 7. The van der Waals surface area contributed by atoms with Gasteiger partial charge in [-0.15, -0.1) is 22.7 Å². The van der Waals surface area contributed by atoms with Crippen molar-refractivity contribution >= 4 is 73.2 Å². The Kier molecular flexibility index (Phi) is 7.79. The van der Waals surface area contributed by atoms with Gasteiger partial charge in [0.05, 0.1) is 39.8 Å². The summed E-state index contributed by atoms with van der Waals surface area (Å²) in [5.41, 5.74) is 2.06. The first kappa shape index (κ1) is 25.3. The van der Waals surface area contributed by atoms with Gasteiger partial charge in [-0.3, -0.25) is 14.4 Å². The number of anilines is 2. The van der Waals surface area contributed by atoms with Crippen molar-refractivity contribution in [3.63, 3.8) is 0 Å². The van der Waals surface area contributed by atoms with Crippen molar-refractivity contribution in [2.24, 2.45) is 0 Å². The zero-order valence-corrected chi connectivity index (χ0v) is 22.3. The van der Waals surface area contributed by atoms with Crippen LogP contribution in [0.25, 0.3) is 10.2 Å². The maximum atomic E-state index is 13.1. The van der Waals surface area contributed by atoms with E-state index in [1.165, 1.54) is 34.4 Å². The number of hydrogen-bond donors (Lipinski definition) is 2. The summed E-state index contributed by atoms with van der Waals surface area (Å²) in [4.78, 5) is 49.0. The highest BCUT2D eigenvalue weighted by molar-refractivity contribution is 8.02. The number of hydrogen-bond acceptors (Lipinski definition) is 9. The molecule has 0 aliphatic carbocycles.